The molecule has 4 heteroatoms. The molecule has 0 radical (unpaired) electrons. The summed E-state index contributed by atoms with van der Waals surface area (Å²) in [5, 5.41) is 0.873. The van der Waals surface area contributed by atoms with Gasteiger partial charge >= 0.3 is 0 Å². The quantitative estimate of drug-likeness (QED) is 0.792. The predicted octanol–water partition coefficient (Wildman–Crippen LogP) is 2.57. The van der Waals surface area contributed by atoms with E-state index in [0.29, 0.717) is 17.8 Å². The Kier molecular flexibility index (Phi) is 2.66. The van der Waals surface area contributed by atoms with Crippen LogP contribution in [0.1, 0.15) is 40.6 Å². The van der Waals surface area contributed by atoms with Crippen LogP contribution in [0.4, 0.5) is 0 Å². The Balaban J connectivity index is 2.16. The van der Waals surface area contributed by atoms with E-state index in [1.165, 1.54) is 4.90 Å². The first-order chi connectivity index (χ1) is 9.16. The molecule has 2 aromatic rings. The Hall–Kier alpha value is -2.10. The molecule has 0 saturated heterocycles. The van der Waals surface area contributed by atoms with Crippen molar-refractivity contribution in [3.63, 3.8) is 0 Å². The van der Waals surface area contributed by atoms with Gasteiger partial charge in [0.1, 0.15) is 5.69 Å². The van der Waals surface area contributed by atoms with Crippen LogP contribution in [0.25, 0.3) is 10.9 Å². The van der Waals surface area contributed by atoms with E-state index >= 15 is 0 Å². The van der Waals surface area contributed by atoms with Gasteiger partial charge in [-0.15, -0.1) is 0 Å². The van der Waals surface area contributed by atoms with E-state index in [9.17, 15) is 9.59 Å². The number of amides is 2. The third-order valence-electron chi connectivity index (χ3n) is 3.75. The highest BCUT2D eigenvalue weighted by Gasteiger charge is 2.39. The third kappa shape index (κ3) is 1.52. The largest absolute Gasteiger partial charge is 0.339 e. The number of aromatic nitrogens is 1. The van der Waals surface area contributed by atoms with Crippen molar-refractivity contribution >= 4 is 22.7 Å². The molecule has 2 amide bonds. The number of imide groups is 1. The highest BCUT2D eigenvalue weighted by Crippen LogP contribution is 2.32. The van der Waals surface area contributed by atoms with E-state index in [4.69, 9.17) is 0 Å². The number of aryl methyl sites for hydroxylation is 1. The van der Waals surface area contributed by atoms with Gasteiger partial charge in [-0.2, -0.15) is 0 Å². The number of carbonyl (C=O) groups is 2. The van der Waals surface area contributed by atoms with Crippen molar-refractivity contribution in [1.29, 1.82) is 0 Å². The molecule has 0 bridgehead atoms. The van der Waals surface area contributed by atoms with Crippen LogP contribution in [0.5, 0.6) is 0 Å². The second-order valence-corrected chi connectivity index (χ2v) is 4.92. The average Bonchev–Trinajstić information content (AvgIpc) is 2.85. The van der Waals surface area contributed by atoms with E-state index < -0.39 is 0 Å². The number of fused-ring (bicyclic) bond motifs is 3. The number of hydrogen-bond acceptors (Lipinski definition) is 2. The molecule has 0 aliphatic carbocycles. The summed E-state index contributed by atoms with van der Waals surface area (Å²) in [5.41, 5.74) is 2.03. The highest BCUT2D eigenvalue weighted by atomic mass is 16.2. The van der Waals surface area contributed by atoms with Crippen LogP contribution in [-0.2, 0) is 7.05 Å². The molecule has 0 N–H and O–H groups in total. The lowest BCUT2D eigenvalue weighted by molar-refractivity contribution is 0.0649. The Morgan fingerprint density at radius 3 is 2.58 bits per heavy atom. The zero-order chi connectivity index (χ0) is 13.6. The minimum atomic E-state index is -0.160. The Morgan fingerprint density at radius 1 is 1.11 bits per heavy atom. The van der Waals surface area contributed by atoms with Gasteiger partial charge in [0.05, 0.1) is 5.56 Å². The maximum atomic E-state index is 12.4. The highest BCUT2D eigenvalue weighted by molar-refractivity contribution is 6.26. The number of para-hydroxylation sites is 1. The van der Waals surface area contributed by atoms with E-state index in [1.54, 1.807) is 0 Å². The molecule has 1 aromatic heterocycles. The molecule has 0 fully saturated rings. The van der Waals surface area contributed by atoms with Crippen molar-refractivity contribution in [1.82, 2.24) is 9.47 Å². The fraction of sp³-hybridized carbons (Fsp3) is 0.333. The van der Waals surface area contributed by atoms with Crippen molar-refractivity contribution in [2.24, 2.45) is 7.05 Å². The lowest BCUT2D eigenvalue weighted by Crippen LogP contribution is -2.31. The van der Waals surface area contributed by atoms with Crippen molar-refractivity contribution in [2.45, 2.75) is 19.8 Å². The Morgan fingerprint density at radius 2 is 1.84 bits per heavy atom. The summed E-state index contributed by atoms with van der Waals surface area (Å²) in [6.45, 7) is 2.56. The number of hydrogen-bond donors (Lipinski definition) is 0. The number of rotatable bonds is 3. The van der Waals surface area contributed by atoms with Gasteiger partial charge in [-0.25, -0.2) is 0 Å². The number of benzene rings is 1. The third-order valence-corrected chi connectivity index (χ3v) is 3.75. The predicted molar refractivity (Wildman–Crippen MR) is 73.2 cm³/mol. The van der Waals surface area contributed by atoms with Crippen molar-refractivity contribution in [3.05, 3.63) is 35.5 Å². The van der Waals surface area contributed by atoms with E-state index in [2.05, 4.69) is 0 Å². The van der Waals surface area contributed by atoms with Gasteiger partial charge in [0.2, 0.25) is 0 Å². The van der Waals surface area contributed by atoms with Gasteiger partial charge < -0.3 is 4.57 Å². The molecule has 4 nitrogen and oxygen atoms in total. The standard InChI is InChI=1S/C15H16N2O2/c1-3-4-9-17-14(18)12-10-7-5-6-8-11(10)16(2)13(12)15(17)19/h5-8H,3-4,9H2,1-2H3. The van der Waals surface area contributed by atoms with Crippen LogP contribution in [0.3, 0.4) is 0 Å². The SMILES string of the molecule is CCCCN1C(=O)c2c(n(C)c3ccccc23)C1=O. The van der Waals surface area contributed by atoms with Gasteiger partial charge in [0.15, 0.2) is 0 Å². The molecule has 19 heavy (non-hydrogen) atoms. The Labute approximate surface area is 111 Å². The average molecular weight is 256 g/mol. The smallest absolute Gasteiger partial charge is 0.278 e. The molecule has 0 spiro atoms. The summed E-state index contributed by atoms with van der Waals surface area (Å²) in [4.78, 5) is 26.2. The Bertz CT molecular complexity index is 685. The lowest BCUT2D eigenvalue weighted by atomic mass is 10.1. The molecule has 0 unspecified atom stereocenters. The zero-order valence-corrected chi connectivity index (χ0v) is 11.1. The topological polar surface area (TPSA) is 42.3 Å². The lowest BCUT2D eigenvalue weighted by Gasteiger charge is -2.14. The minimum Gasteiger partial charge on any atom is -0.339 e. The maximum absolute atomic E-state index is 12.4. The number of unbranched alkanes of at least 4 members (excludes halogenated alkanes) is 1. The second-order valence-electron chi connectivity index (χ2n) is 4.92. The monoisotopic (exact) mass is 256 g/mol. The first kappa shape index (κ1) is 12.0. The van der Waals surface area contributed by atoms with Gasteiger partial charge in [0.25, 0.3) is 11.8 Å². The van der Waals surface area contributed by atoms with Gasteiger partial charge in [-0.3, -0.25) is 14.5 Å². The molecule has 1 aliphatic heterocycles. The molecule has 2 heterocycles. The van der Waals surface area contributed by atoms with Crippen LogP contribution < -0.4 is 0 Å². The molecule has 1 aliphatic rings. The zero-order valence-electron chi connectivity index (χ0n) is 11.1. The van der Waals surface area contributed by atoms with Crippen LogP contribution in [-0.4, -0.2) is 27.8 Å². The van der Waals surface area contributed by atoms with Crippen molar-refractivity contribution < 1.29 is 9.59 Å². The number of nitrogens with zero attached hydrogens (tertiary/aromatic N) is 2. The van der Waals surface area contributed by atoms with Gasteiger partial charge in [0, 0.05) is 24.5 Å². The van der Waals surface area contributed by atoms with Crippen LogP contribution in [0.15, 0.2) is 24.3 Å². The van der Waals surface area contributed by atoms with Crippen molar-refractivity contribution in [3.8, 4) is 0 Å². The molecule has 0 atom stereocenters. The van der Waals surface area contributed by atoms with Gasteiger partial charge in [-0.05, 0) is 12.5 Å². The fourth-order valence-electron chi connectivity index (χ4n) is 2.73. The molecule has 3 rings (SSSR count). The molecule has 1 aromatic carbocycles. The summed E-state index contributed by atoms with van der Waals surface area (Å²) < 4.78 is 1.83. The molecular formula is C15H16N2O2. The minimum absolute atomic E-state index is 0.148. The van der Waals surface area contributed by atoms with Crippen LogP contribution >= 0.6 is 0 Å². The first-order valence-electron chi connectivity index (χ1n) is 6.60. The summed E-state index contributed by atoms with van der Waals surface area (Å²) in [6, 6.07) is 7.66. The second kappa shape index (κ2) is 4.23. The fourth-order valence-corrected chi connectivity index (χ4v) is 2.73. The summed E-state index contributed by atoms with van der Waals surface area (Å²) in [6.07, 6.45) is 1.82. The van der Waals surface area contributed by atoms with Gasteiger partial charge in [-0.1, -0.05) is 31.5 Å². The molecule has 0 saturated carbocycles. The van der Waals surface area contributed by atoms with E-state index in [0.717, 1.165) is 23.7 Å². The molecular weight excluding hydrogens is 240 g/mol. The molecule has 98 valence electrons. The maximum Gasteiger partial charge on any atom is 0.278 e. The first-order valence-corrected chi connectivity index (χ1v) is 6.60. The van der Waals surface area contributed by atoms with E-state index in [-0.39, 0.29) is 11.8 Å². The van der Waals surface area contributed by atoms with Crippen LogP contribution in [0.2, 0.25) is 0 Å². The van der Waals surface area contributed by atoms with Crippen LogP contribution in [0, 0.1) is 0 Å². The normalized spacial score (nSPS) is 14.5. The number of carbonyl (C=O) groups excluding carboxylic acids is 2. The summed E-state index contributed by atoms with van der Waals surface area (Å²) in [5.74, 6) is -0.308. The summed E-state index contributed by atoms with van der Waals surface area (Å²) >= 11 is 0. The summed E-state index contributed by atoms with van der Waals surface area (Å²) in [7, 11) is 1.84. The van der Waals surface area contributed by atoms with Crippen molar-refractivity contribution in [2.75, 3.05) is 6.54 Å². The van der Waals surface area contributed by atoms with E-state index in [1.807, 2.05) is 42.8 Å².